The van der Waals surface area contributed by atoms with Gasteiger partial charge in [0.05, 0.1) is 5.56 Å². The summed E-state index contributed by atoms with van der Waals surface area (Å²) in [6, 6.07) is 11.2. The molecule has 0 saturated heterocycles. The van der Waals surface area contributed by atoms with Crippen LogP contribution < -0.4 is 0 Å². The molecular weight excluding hydrogens is 365 g/mol. The molecule has 0 aliphatic rings. The number of esters is 1. The summed E-state index contributed by atoms with van der Waals surface area (Å²) in [4.78, 5) is 13.8. The second-order valence-electron chi connectivity index (χ2n) is 7.33. The second kappa shape index (κ2) is 7.27. The number of thioether (sulfide) groups is 1. The summed E-state index contributed by atoms with van der Waals surface area (Å²) < 4.78 is 20.7. The molecule has 6 heteroatoms. The van der Waals surface area contributed by atoms with E-state index in [-0.39, 0.29) is 11.6 Å². The van der Waals surface area contributed by atoms with Crippen LogP contribution in [0.4, 0.5) is 4.39 Å². The number of phenols is 1. The Morgan fingerprint density at radius 2 is 1.85 bits per heavy atom. The molecule has 0 atom stereocenters. The van der Waals surface area contributed by atoms with Gasteiger partial charge in [0.15, 0.2) is 0 Å². The highest BCUT2D eigenvalue weighted by atomic mass is 32.2. The molecule has 3 aromatic rings. The van der Waals surface area contributed by atoms with Crippen LogP contribution in [0.25, 0.3) is 10.9 Å². The minimum Gasteiger partial charge on any atom is -0.508 e. The number of carbonyl (C=O) groups excluding carboxylic acids is 1. The zero-order chi connectivity index (χ0) is 19.8. The van der Waals surface area contributed by atoms with Gasteiger partial charge in [-0.15, -0.1) is 11.8 Å². The lowest BCUT2D eigenvalue weighted by Crippen LogP contribution is -2.24. The lowest BCUT2D eigenvalue weighted by molar-refractivity contribution is 0.00707. The number of benzene rings is 2. The maximum absolute atomic E-state index is 13.1. The molecule has 2 aromatic carbocycles. The minimum absolute atomic E-state index is 0.0932. The van der Waals surface area contributed by atoms with Crippen molar-refractivity contribution in [1.82, 2.24) is 4.57 Å². The molecule has 1 N–H and O–H groups in total. The third-order valence-corrected chi connectivity index (χ3v) is 5.12. The number of halogens is 1. The Labute approximate surface area is 162 Å². The first-order valence-corrected chi connectivity index (χ1v) is 9.56. The fraction of sp³-hybridized carbons (Fsp3) is 0.286. The normalized spacial score (nSPS) is 11.7. The molecule has 0 unspecified atom stereocenters. The van der Waals surface area contributed by atoms with Crippen molar-refractivity contribution in [3.05, 3.63) is 59.5 Å². The molecule has 4 nitrogen and oxygen atoms in total. The zero-order valence-corrected chi connectivity index (χ0v) is 16.6. The highest BCUT2D eigenvalue weighted by Crippen LogP contribution is 2.34. The number of rotatable bonds is 4. The number of fused-ring (bicyclic) bond motifs is 1. The van der Waals surface area contributed by atoms with E-state index in [2.05, 4.69) is 0 Å². The van der Waals surface area contributed by atoms with E-state index in [9.17, 15) is 14.3 Å². The van der Waals surface area contributed by atoms with E-state index < -0.39 is 11.6 Å². The maximum Gasteiger partial charge on any atom is 0.341 e. The number of nitrogens with zero attached hydrogens (tertiary/aromatic N) is 1. The van der Waals surface area contributed by atoms with Gasteiger partial charge in [-0.3, -0.25) is 0 Å². The highest BCUT2D eigenvalue weighted by molar-refractivity contribution is 7.98. The summed E-state index contributed by atoms with van der Waals surface area (Å²) >= 11 is 1.51. The van der Waals surface area contributed by atoms with Gasteiger partial charge >= 0.3 is 5.97 Å². The van der Waals surface area contributed by atoms with Gasteiger partial charge in [0.2, 0.25) is 0 Å². The lowest BCUT2D eigenvalue weighted by Gasteiger charge is -2.20. The van der Waals surface area contributed by atoms with Gasteiger partial charge in [-0.2, -0.15) is 0 Å². The molecule has 1 aromatic heterocycles. The smallest absolute Gasteiger partial charge is 0.341 e. The molecule has 0 spiro atoms. The fourth-order valence-corrected chi connectivity index (χ4v) is 3.86. The fourth-order valence-electron chi connectivity index (χ4n) is 2.89. The van der Waals surface area contributed by atoms with Gasteiger partial charge in [-0.05, 0) is 63.2 Å². The Morgan fingerprint density at radius 3 is 2.48 bits per heavy atom. The van der Waals surface area contributed by atoms with Crippen molar-refractivity contribution in [2.24, 2.45) is 7.05 Å². The standard InChI is InChI=1S/C21H22FNO3S/c1-21(2,3)26-20(25)19-16-11-14(24)7-10-17(16)23(4)18(19)12-27-15-8-5-13(22)6-9-15/h5-11,24H,12H2,1-4H3. The van der Waals surface area contributed by atoms with Gasteiger partial charge < -0.3 is 14.4 Å². The summed E-state index contributed by atoms with van der Waals surface area (Å²) in [5.41, 5.74) is 1.45. The molecule has 1 heterocycles. The minimum atomic E-state index is -0.628. The predicted octanol–water partition coefficient (Wildman–Crippen LogP) is 5.27. The summed E-state index contributed by atoms with van der Waals surface area (Å²) in [5.74, 6) is -0.107. The molecule has 0 bridgehead atoms. The zero-order valence-electron chi connectivity index (χ0n) is 15.7. The van der Waals surface area contributed by atoms with Crippen molar-refractivity contribution in [3.8, 4) is 5.75 Å². The predicted molar refractivity (Wildman–Crippen MR) is 106 cm³/mol. The molecule has 27 heavy (non-hydrogen) atoms. The van der Waals surface area contributed by atoms with Crippen LogP contribution in [0.3, 0.4) is 0 Å². The number of aromatic nitrogens is 1. The Balaban J connectivity index is 2.04. The maximum atomic E-state index is 13.1. The monoisotopic (exact) mass is 387 g/mol. The van der Waals surface area contributed by atoms with Crippen LogP contribution >= 0.6 is 11.8 Å². The quantitative estimate of drug-likeness (QED) is 0.489. The summed E-state index contributed by atoms with van der Waals surface area (Å²) in [5, 5.41) is 10.6. The molecule has 0 fully saturated rings. The summed E-state index contributed by atoms with van der Waals surface area (Å²) in [6.07, 6.45) is 0. The number of phenolic OH excluding ortho intramolecular Hbond substituents is 1. The van der Waals surface area contributed by atoms with E-state index >= 15 is 0 Å². The van der Waals surface area contributed by atoms with E-state index in [4.69, 9.17) is 4.74 Å². The number of hydrogen-bond acceptors (Lipinski definition) is 4. The van der Waals surface area contributed by atoms with Gasteiger partial charge in [0, 0.05) is 34.3 Å². The van der Waals surface area contributed by atoms with Crippen LogP contribution in [0, 0.1) is 5.82 Å². The Bertz CT molecular complexity index is 987. The molecule has 0 aliphatic heterocycles. The number of hydrogen-bond donors (Lipinski definition) is 1. The molecule has 3 rings (SSSR count). The van der Waals surface area contributed by atoms with Crippen molar-refractivity contribution in [2.45, 2.75) is 37.0 Å². The van der Waals surface area contributed by atoms with Crippen molar-refractivity contribution in [2.75, 3.05) is 0 Å². The van der Waals surface area contributed by atoms with Crippen molar-refractivity contribution in [1.29, 1.82) is 0 Å². The largest absolute Gasteiger partial charge is 0.508 e. The SMILES string of the molecule is Cn1c(CSc2ccc(F)cc2)c(C(=O)OC(C)(C)C)c2cc(O)ccc21. The average Bonchev–Trinajstić information content (AvgIpc) is 2.84. The number of carbonyl (C=O) groups is 1. The van der Waals surface area contributed by atoms with E-state index in [1.54, 1.807) is 30.3 Å². The molecular formula is C21H22FNO3S. The van der Waals surface area contributed by atoms with Gasteiger partial charge in [-0.25, -0.2) is 9.18 Å². The number of aryl methyl sites for hydroxylation is 1. The van der Waals surface area contributed by atoms with Gasteiger partial charge in [-0.1, -0.05) is 0 Å². The Hall–Kier alpha value is -2.47. The van der Waals surface area contributed by atoms with E-state index in [1.807, 2.05) is 32.4 Å². The van der Waals surface area contributed by atoms with Crippen LogP contribution in [0.15, 0.2) is 47.4 Å². The highest BCUT2D eigenvalue weighted by Gasteiger charge is 2.26. The third-order valence-electron chi connectivity index (χ3n) is 4.10. The van der Waals surface area contributed by atoms with Gasteiger partial charge in [0.1, 0.15) is 17.2 Å². The molecule has 0 aliphatic carbocycles. The first-order chi connectivity index (χ1) is 12.7. The first kappa shape index (κ1) is 19.3. The topological polar surface area (TPSA) is 51.5 Å². The summed E-state index contributed by atoms with van der Waals surface area (Å²) in [7, 11) is 1.88. The van der Waals surface area contributed by atoms with E-state index in [0.717, 1.165) is 16.1 Å². The van der Waals surface area contributed by atoms with Crippen molar-refractivity contribution in [3.63, 3.8) is 0 Å². The van der Waals surface area contributed by atoms with Crippen LogP contribution in [0.2, 0.25) is 0 Å². The number of aromatic hydroxyl groups is 1. The molecule has 142 valence electrons. The van der Waals surface area contributed by atoms with Crippen molar-refractivity contribution < 1.29 is 19.0 Å². The Kier molecular flexibility index (Phi) is 5.20. The molecule has 0 saturated carbocycles. The summed E-state index contributed by atoms with van der Waals surface area (Å²) in [6.45, 7) is 5.46. The molecule has 0 radical (unpaired) electrons. The van der Waals surface area contributed by atoms with Crippen LogP contribution in [-0.2, 0) is 17.5 Å². The lowest BCUT2D eigenvalue weighted by atomic mass is 10.1. The van der Waals surface area contributed by atoms with Gasteiger partial charge in [0.25, 0.3) is 0 Å². The van der Waals surface area contributed by atoms with E-state index in [1.165, 1.54) is 23.9 Å². The van der Waals surface area contributed by atoms with Crippen LogP contribution in [-0.4, -0.2) is 21.2 Å². The van der Waals surface area contributed by atoms with Crippen LogP contribution in [0.5, 0.6) is 5.75 Å². The third kappa shape index (κ3) is 4.27. The van der Waals surface area contributed by atoms with E-state index in [0.29, 0.717) is 16.7 Å². The first-order valence-electron chi connectivity index (χ1n) is 8.58. The van der Waals surface area contributed by atoms with Crippen LogP contribution in [0.1, 0.15) is 36.8 Å². The van der Waals surface area contributed by atoms with Crippen molar-refractivity contribution >= 4 is 28.6 Å². The Morgan fingerprint density at radius 1 is 1.19 bits per heavy atom. The average molecular weight is 387 g/mol. The second-order valence-corrected chi connectivity index (χ2v) is 8.38. The molecule has 0 amide bonds. The number of ether oxygens (including phenoxy) is 1.